The summed E-state index contributed by atoms with van der Waals surface area (Å²) in [5, 5.41) is 11.6. The van der Waals surface area contributed by atoms with E-state index in [0.29, 0.717) is 13.0 Å². The number of aliphatic carboxylic acids is 1. The van der Waals surface area contributed by atoms with Crippen LogP contribution in [-0.4, -0.2) is 29.6 Å². The maximum atomic E-state index is 12.0. The molecule has 0 heterocycles. The van der Waals surface area contributed by atoms with Crippen LogP contribution in [0.3, 0.4) is 0 Å². The van der Waals surface area contributed by atoms with Gasteiger partial charge in [0.25, 0.3) is 0 Å². The number of carbonyl (C=O) groups is 2. The van der Waals surface area contributed by atoms with E-state index < -0.39 is 11.9 Å². The lowest BCUT2D eigenvalue weighted by Gasteiger charge is -2.20. The Balaban J connectivity index is 2.32. The quantitative estimate of drug-likeness (QED) is 0.643. The van der Waals surface area contributed by atoms with Crippen LogP contribution in [-0.2, 0) is 9.59 Å². The van der Waals surface area contributed by atoms with Gasteiger partial charge in [0.15, 0.2) is 0 Å². The number of amides is 1. The molecule has 5 nitrogen and oxygen atoms in total. The third-order valence-electron chi connectivity index (χ3n) is 3.70. The zero-order chi connectivity index (χ0) is 13.5. The molecule has 1 aliphatic carbocycles. The molecular weight excluding hydrogens is 232 g/mol. The number of nitrogens with one attached hydrogen (secondary N) is 1. The van der Waals surface area contributed by atoms with Crippen LogP contribution in [0.1, 0.15) is 45.4 Å². The highest BCUT2D eigenvalue weighted by molar-refractivity contribution is 5.79. The molecule has 0 spiro atoms. The highest BCUT2D eigenvalue weighted by Gasteiger charge is 2.26. The first kappa shape index (κ1) is 15.0. The Morgan fingerprint density at radius 2 is 2.00 bits per heavy atom. The third kappa shape index (κ3) is 4.64. The van der Waals surface area contributed by atoms with E-state index in [0.717, 1.165) is 32.1 Å². The number of rotatable bonds is 5. The van der Waals surface area contributed by atoms with Gasteiger partial charge in [0.05, 0.1) is 11.8 Å². The van der Waals surface area contributed by atoms with Crippen molar-refractivity contribution >= 4 is 11.9 Å². The van der Waals surface area contributed by atoms with Crippen LogP contribution in [0.2, 0.25) is 0 Å². The van der Waals surface area contributed by atoms with Gasteiger partial charge in [-0.1, -0.05) is 26.2 Å². The second-order valence-corrected chi connectivity index (χ2v) is 5.23. The first-order valence-electron chi connectivity index (χ1n) is 6.78. The average molecular weight is 256 g/mol. The van der Waals surface area contributed by atoms with Gasteiger partial charge in [0, 0.05) is 12.6 Å². The Morgan fingerprint density at radius 3 is 2.67 bits per heavy atom. The lowest BCUT2D eigenvalue weighted by molar-refractivity contribution is -0.141. The van der Waals surface area contributed by atoms with Gasteiger partial charge in [-0.15, -0.1) is 0 Å². The summed E-state index contributed by atoms with van der Waals surface area (Å²) in [7, 11) is 0. The van der Waals surface area contributed by atoms with E-state index in [4.69, 9.17) is 10.8 Å². The largest absolute Gasteiger partial charge is 0.481 e. The molecule has 3 unspecified atom stereocenters. The SMILES string of the molecule is CC(CCNC(=O)C1CCCCCC1N)C(=O)O. The van der Waals surface area contributed by atoms with Gasteiger partial charge in [-0.3, -0.25) is 9.59 Å². The Hall–Kier alpha value is -1.10. The lowest BCUT2D eigenvalue weighted by Crippen LogP contribution is -2.41. The van der Waals surface area contributed by atoms with Gasteiger partial charge >= 0.3 is 5.97 Å². The molecule has 3 atom stereocenters. The first-order chi connectivity index (χ1) is 8.52. The van der Waals surface area contributed by atoms with Gasteiger partial charge in [0.1, 0.15) is 0 Å². The van der Waals surface area contributed by atoms with Gasteiger partial charge in [-0.25, -0.2) is 0 Å². The fourth-order valence-electron chi connectivity index (χ4n) is 2.33. The molecule has 1 rings (SSSR count). The topological polar surface area (TPSA) is 92.4 Å². The summed E-state index contributed by atoms with van der Waals surface area (Å²) < 4.78 is 0. The van der Waals surface area contributed by atoms with E-state index in [2.05, 4.69) is 5.32 Å². The summed E-state index contributed by atoms with van der Waals surface area (Å²) >= 11 is 0. The zero-order valence-electron chi connectivity index (χ0n) is 11.0. The van der Waals surface area contributed by atoms with Crippen LogP contribution in [0.5, 0.6) is 0 Å². The zero-order valence-corrected chi connectivity index (χ0v) is 11.0. The maximum Gasteiger partial charge on any atom is 0.306 e. The molecule has 1 fully saturated rings. The minimum absolute atomic E-state index is 0.0120. The highest BCUT2D eigenvalue weighted by atomic mass is 16.4. The average Bonchev–Trinajstić information content (AvgIpc) is 2.53. The lowest BCUT2D eigenvalue weighted by atomic mass is 9.94. The predicted octanol–water partition coefficient (Wildman–Crippen LogP) is 1.12. The molecule has 104 valence electrons. The number of carbonyl (C=O) groups excluding carboxylic acids is 1. The minimum Gasteiger partial charge on any atom is -0.481 e. The summed E-state index contributed by atoms with van der Waals surface area (Å²) in [6.07, 6.45) is 5.51. The molecule has 0 aromatic heterocycles. The van der Waals surface area contributed by atoms with Crippen molar-refractivity contribution < 1.29 is 14.7 Å². The first-order valence-corrected chi connectivity index (χ1v) is 6.78. The van der Waals surface area contributed by atoms with Crippen molar-refractivity contribution in [2.75, 3.05) is 6.54 Å². The molecule has 1 amide bonds. The van der Waals surface area contributed by atoms with Gasteiger partial charge in [0.2, 0.25) is 5.91 Å². The summed E-state index contributed by atoms with van der Waals surface area (Å²) in [5.41, 5.74) is 6.00. The van der Waals surface area contributed by atoms with Crippen molar-refractivity contribution in [2.45, 2.75) is 51.5 Å². The van der Waals surface area contributed by atoms with E-state index in [1.54, 1.807) is 6.92 Å². The van der Waals surface area contributed by atoms with E-state index in [9.17, 15) is 9.59 Å². The van der Waals surface area contributed by atoms with Crippen LogP contribution in [0.4, 0.5) is 0 Å². The molecule has 1 saturated carbocycles. The van der Waals surface area contributed by atoms with Crippen molar-refractivity contribution in [3.63, 3.8) is 0 Å². The van der Waals surface area contributed by atoms with Crippen molar-refractivity contribution in [1.82, 2.24) is 5.32 Å². The number of hydrogen-bond donors (Lipinski definition) is 3. The molecule has 1 aliphatic rings. The number of nitrogens with two attached hydrogens (primary N) is 1. The second-order valence-electron chi connectivity index (χ2n) is 5.23. The fourth-order valence-corrected chi connectivity index (χ4v) is 2.33. The number of carboxylic acids is 1. The molecule has 18 heavy (non-hydrogen) atoms. The van der Waals surface area contributed by atoms with E-state index >= 15 is 0 Å². The Kier molecular flexibility index (Phi) is 6.12. The Bertz CT molecular complexity index is 294. The Morgan fingerprint density at radius 1 is 1.33 bits per heavy atom. The smallest absolute Gasteiger partial charge is 0.306 e. The summed E-state index contributed by atoms with van der Waals surface area (Å²) in [4.78, 5) is 22.6. The summed E-state index contributed by atoms with van der Waals surface area (Å²) in [5.74, 6) is -1.36. The van der Waals surface area contributed by atoms with E-state index in [1.165, 1.54) is 0 Å². The van der Waals surface area contributed by atoms with E-state index in [1.807, 2.05) is 0 Å². The third-order valence-corrected chi connectivity index (χ3v) is 3.70. The van der Waals surface area contributed by atoms with Crippen LogP contribution in [0, 0.1) is 11.8 Å². The number of carboxylic acid groups (broad SMARTS) is 1. The maximum absolute atomic E-state index is 12.0. The molecule has 5 heteroatoms. The molecule has 0 aliphatic heterocycles. The van der Waals surface area contributed by atoms with Crippen LogP contribution >= 0.6 is 0 Å². The highest BCUT2D eigenvalue weighted by Crippen LogP contribution is 2.22. The minimum atomic E-state index is -0.824. The molecular formula is C13H24N2O3. The second kappa shape index (κ2) is 7.36. The van der Waals surface area contributed by atoms with Gasteiger partial charge < -0.3 is 16.2 Å². The van der Waals surface area contributed by atoms with Crippen LogP contribution in [0.25, 0.3) is 0 Å². The predicted molar refractivity (Wildman–Crippen MR) is 69.0 cm³/mol. The molecule has 4 N–H and O–H groups in total. The normalized spacial score (nSPS) is 26.1. The van der Waals surface area contributed by atoms with Gasteiger partial charge in [-0.2, -0.15) is 0 Å². The molecule has 0 radical (unpaired) electrons. The van der Waals surface area contributed by atoms with Gasteiger partial charge in [-0.05, 0) is 19.3 Å². The Labute approximate surface area is 108 Å². The number of hydrogen-bond acceptors (Lipinski definition) is 3. The van der Waals surface area contributed by atoms with Crippen LogP contribution < -0.4 is 11.1 Å². The molecule has 0 aromatic carbocycles. The van der Waals surface area contributed by atoms with Crippen molar-refractivity contribution in [3.8, 4) is 0 Å². The fraction of sp³-hybridized carbons (Fsp3) is 0.846. The summed E-state index contributed by atoms with van der Waals surface area (Å²) in [6.45, 7) is 2.06. The van der Waals surface area contributed by atoms with Crippen molar-refractivity contribution in [1.29, 1.82) is 0 Å². The van der Waals surface area contributed by atoms with Crippen molar-refractivity contribution in [2.24, 2.45) is 17.6 Å². The summed E-state index contributed by atoms with van der Waals surface area (Å²) in [6, 6.07) is -0.0515. The van der Waals surface area contributed by atoms with E-state index in [-0.39, 0.29) is 17.9 Å². The standard InChI is InChI=1S/C13H24N2O3/c1-9(13(17)18)7-8-15-12(16)10-5-3-2-4-6-11(10)14/h9-11H,2-8,14H2,1H3,(H,15,16)(H,17,18). The molecule has 0 aromatic rings. The van der Waals surface area contributed by atoms with Crippen LogP contribution in [0.15, 0.2) is 0 Å². The van der Waals surface area contributed by atoms with Crippen molar-refractivity contribution in [3.05, 3.63) is 0 Å². The monoisotopic (exact) mass is 256 g/mol. The molecule has 0 saturated heterocycles. The molecule has 0 bridgehead atoms.